The molecule has 4 aromatic rings. The van der Waals surface area contributed by atoms with Crippen LogP contribution in [-0.4, -0.2) is 34.2 Å². The highest BCUT2D eigenvalue weighted by molar-refractivity contribution is 7.09. The molecule has 1 N–H and O–H groups in total. The summed E-state index contributed by atoms with van der Waals surface area (Å²) >= 11 is 1.65. The van der Waals surface area contributed by atoms with Gasteiger partial charge in [-0.2, -0.15) is 5.10 Å². The molecule has 0 aliphatic heterocycles. The number of carbonyl (C=O) groups excluding carboxylic acids is 1. The molecule has 2 aromatic heterocycles. The number of thiophene rings is 1. The number of benzene rings is 2. The molecule has 0 bridgehead atoms. The van der Waals surface area contributed by atoms with Crippen LogP contribution in [0.25, 0.3) is 10.8 Å². The van der Waals surface area contributed by atoms with Crippen LogP contribution in [0.4, 0.5) is 0 Å². The van der Waals surface area contributed by atoms with Gasteiger partial charge in [-0.15, -0.1) is 11.3 Å². The van der Waals surface area contributed by atoms with Gasteiger partial charge in [0.2, 0.25) is 5.91 Å². The van der Waals surface area contributed by atoms with E-state index in [9.17, 15) is 9.59 Å². The first-order valence-corrected chi connectivity index (χ1v) is 13.5. The molecule has 1 fully saturated rings. The quantitative estimate of drug-likeness (QED) is 0.310. The third-order valence-electron chi connectivity index (χ3n) is 7.09. The van der Waals surface area contributed by atoms with Gasteiger partial charge in [-0.05, 0) is 55.0 Å². The topological polar surface area (TPSA) is 84.5 Å². The van der Waals surface area contributed by atoms with Crippen molar-refractivity contribution in [2.45, 2.75) is 57.7 Å². The van der Waals surface area contributed by atoms with Crippen LogP contribution in [0.15, 0.2) is 64.8 Å². The summed E-state index contributed by atoms with van der Waals surface area (Å²) in [6.07, 6.45) is 4.19. The predicted octanol–water partition coefficient (Wildman–Crippen LogP) is 5.65. The highest BCUT2D eigenvalue weighted by Gasteiger charge is 2.32. The van der Waals surface area contributed by atoms with Gasteiger partial charge in [0.25, 0.3) is 5.56 Å². The lowest BCUT2D eigenvalue weighted by atomic mass is 9.98. The molecule has 0 radical (unpaired) electrons. The van der Waals surface area contributed by atoms with Gasteiger partial charge in [0, 0.05) is 22.8 Å². The third kappa shape index (κ3) is 5.39. The molecule has 1 amide bonds. The normalized spacial score (nSPS) is 14.5. The van der Waals surface area contributed by atoms with E-state index >= 15 is 0 Å². The fourth-order valence-electron chi connectivity index (χ4n) is 5.11. The van der Waals surface area contributed by atoms with Crippen molar-refractivity contribution in [3.63, 3.8) is 0 Å². The van der Waals surface area contributed by atoms with Crippen LogP contribution >= 0.6 is 11.3 Å². The van der Waals surface area contributed by atoms with Crippen LogP contribution in [0.1, 0.15) is 54.7 Å². The Morgan fingerprint density at radius 3 is 2.62 bits per heavy atom. The van der Waals surface area contributed by atoms with Gasteiger partial charge in [-0.3, -0.25) is 9.59 Å². The molecule has 7 nitrogen and oxygen atoms in total. The second-order valence-corrected chi connectivity index (χ2v) is 10.5. The van der Waals surface area contributed by atoms with Gasteiger partial charge >= 0.3 is 0 Å². The van der Waals surface area contributed by atoms with E-state index in [1.165, 1.54) is 0 Å². The zero-order valence-electron chi connectivity index (χ0n) is 21.1. The number of hydrogen-bond donors (Lipinski definition) is 1. The van der Waals surface area contributed by atoms with E-state index < -0.39 is 5.92 Å². The average molecular weight is 518 g/mol. The molecule has 1 saturated carbocycles. The van der Waals surface area contributed by atoms with Crippen molar-refractivity contribution < 1.29 is 14.3 Å². The van der Waals surface area contributed by atoms with Gasteiger partial charge in [0.05, 0.1) is 24.1 Å². The molecular weight excluding hydrogens is 486 g/mol. The van der Waals surface area contributed by atoms with Crippen LogP contribution < -0.4 is 15.0 Å². The first-order valence-electron chi connectivity index (χ1n) is 12.6. The van der Waals surface area contributed by atoms with E-state index in [-0.39, 0.29) is 17.5 Å². The zero-order chi connectivity index (χ0) is 25.8. The number of methoxy groups -OCH3 is 1. The third-order valence-corrected chi connectivity index (χ3v) is 7.94. The lowest BCUT2D eigenvalue weighted by Gasteiger charge is -2.32. The molecule has 0 spiro atoms. The van der Waals surface area contributed by atoms with Crippen molar-refractivity contribution in [1.29, 1.82) is 0 Å². The van der Waals surface area contributed by atoms with E-state index in [1.807, 2.05) is 65.7 Å². The Labute approximate surface area is 220 Å². The SMILES string of the molecule is COc1ccc(CN(C(=O)[C@H](C)c2n[nH]c(=O)c3ccccc23)C2CCCC2)cc1OCc1cccs1. The van der Waals surface area contributed by atoms with E-state index in [2.05, 4.69) is 10.2 Å². The molecular formula is C29H31N3O4S. The van der Waals surface area contributed by atoms with Crippen molar-refractivity contribution in [2.75, 3.05) is 7.11 Å². The van der Waals surface area contributed by atoms with Gasteiger partial charge in [-0.25, -0.2) is 5.10 Å². The smallest absolute Gasteiger partial charge is 0.272 e. The predicted molar refractivity (Wildman–Crippen MR) is 145 cm³/mol. The van der Waals surface area contributed by atoms with Gasteiger partial charge in [-0.1, -0.05) is 43.2 Å². The molecule has 2 heterocycles. The maximum atomic E-state index is 14.0. The number of nitrogens with one attached hydrogen (secondary N) is 1. The number of amides is 1. The summed E-state index contributed by atoms with van der Waals surface area (Å²) in [6.45, 7) is 2.81. The highest BCUT2D eigenvalue weighted by atomic mass is 32.1. The molecule has 192 valence electrons. The van der Waals surface area contributed by atoms with Crippen LogP contribution in [-0.2, 0) is 17.9 Å². The summed E-state index contributed by atoms with van der Waals surface area (Å²) in [5, 5.41) is 10.2. The van der Waals surface area contributed by atoms with Crippen molar-refractivity contribution >= 4 is 28.0 Å². The summed E-state index contributed by atoms with van der Waals surface area (Å²) < 4.78 is 11.6. The minimum Gasteiger partial charge on any atom is -0.493 e. The summed E-state index contributed by atoms with van der Waals surface area (Å²) in [7, 11) is 1.63. The maximum absolute atomic E-state index is 14.0. The van der Waals surface area contributed by atoms with E-state index in [1.54, 1.807) is 24.5 Å². The molecule has 8 heteroatoms. The van der Waals surface area contributed by atoms with Crippen LogP contribution in [0.3, 0.4) is 0 Å². The van der Waals surface area contributed by atoms with E-state index in [0.29, 0.717) is 41.1 Å². The Hall–Kier alpha value is -3.65. The monoisotopic (exact) mass is 517 g/mol. The number of aromatic nitrogens is 2. The lowest BCUT2D eigenvalue weighted by molar-refractivity contribution is -0.135. The molecule has 1 atom stereocenters. The number of aromatic amines is 1. The van der Waals surface area contributed by atoms with Crippen molar-refractivity contribution in [3.8, 4) is 11.5 Å². The molecule has 2 aromatic carbocycles. The summed E-state index contributed by atoms with van der Waals surface area (Å²) in [4.78, 5) is 29.4. The molecule has 5 rings (SSSR count). The standard InChI is InChI=1S/C29H31N3O4S/c1-19(27-23-11-5-6-12-24(23)28(33)31-30-27)29(34)32(21-8-3-4-9-21)17-20-13-14-25(35-2)26(16-20)36-18-22-10-7-15-37-22/h5-7,10-16,19,21H,3-4,8-9,17-18H2,1-2H3,(H,31,33)/t19-/m1/s1. The van der Waals surface area contributed by atoms with Gasteiger partial charge < -0.3 is 14.4 Å². The Morgan fingerprint density at radius 2 is 1.89 bits per heavy atom. The summed E-state index contributed by atoms with van der Waals surface area (Å²) in [5.74, 6) is 0.827. The largest absolute Gasteiger partial charge is 0.493 e. The number of nitrogens with zero attached hydrogens (tertiary/aromatic N) is 2. The average Bonchev–Trinajstić information content (AvgIpc) is 3.65. The fraction of sp³-hybridized carbons (Fsp3) is 0.345. The molecule has 0 unspecified atom stereocenters. The van der Waals surface area contributed by atoms with E-state index in [0.717, 1.165) is 36.1 Å². The van der Waals surface area contributed by atoms with Crippen molar-refractivity contribution in [3.05, 3.63) is 86.5 Å². The molecule has 37 heavy (non-hydrogen) atoms. The van der Waals surface area contributed by atoms with Crippen molar-refractivity contribution in [2.24, 2.45) is 0 Å². The van der Waals surface area contributed by atoms with Crippen LogP contribution in [0.2, 0.25) is 0 Å². The molecule has 0 saturated heterocycles. The number of rotatable bonds is 9. The second-order valence-electron chi connectivity index (χ2n) is 9.46. The van der Waals surface area contributed by atoms with Gasteiger partial charge in [0.1, 0.15) is 6.61 Å². The zero-order valence-corrected chi connectivity index (χ0v) is 21.9. The Morgan fingerprint density at radius 1 is 1.11 bits per heavy atom. The van der Waals surface area contributed by atoms with Crippen molar-refractivity contribution in [1.82, 2.24) is 15.1 Å². The van der Waals surface area contributed by atoms with Crippen LogP contribution in [0.5, 0.6) is 11.5 Å². The molecule has 1 aliphatic carbocycles. The first-order chi connectivity index (χ1) is 18.0. The Bertz CT molecular complexity index is 1430. The number of fused-ring (bicyclic) bond motifs is 1. The second kappa shape index (κ2) is 11.2. The lowest BCUT2D eigenvalue weighted by Crippen LogP contribution is -2.41. The van der Waals surface area contributed by atoms with Crippen LogP contribution in [0, 0.1) is 0 Å². The molecule has 1 aliphatic rings. The number of carbonyl (C=O) groups is 1. The maximum Gasteiger partial charge on any atom is 0.272 e. The Kier molecular flexibility index (Phi) is 7.55. The first kappa shape index (κ1) is 25.0. The highest BCUT2D eigenvalue weighted by Crippen LogP contribution is 2.33. The summed E-state index contributed by atoms with van der Waals surface area (Å²) in [5.41, 5.74) is 1.33. The number of hydrogen-bond acceptors (Lipinski definition) is 6. The minimum absolute atomic E-state index is 0.00785. The minimum atomic E-state index is -0.504. The summed E-state index contributed by atoms with van der Waals surface area (Å²) in [6, 6.07) is 17.4. The van der Waals surface area contributed by atoms with E-state index in [4.69, 9.17) is 9.47 Å². The number of ether oxygens (including phenoxy) is 2. The fourth-order valence-corrected chi connectivity index (χ4v) is 5.72. The number of H-pyrrole nitrogens is 1. The Balaban J connectivity index is 1.43. The van der Waals surface area contributed by atoms with Gasteiger partial charge in [0.15, 0.2) is 11.5 Å².